The number of nitrogens with zero attached hydrogens (tertiary/aromatic N) is 1. The molecule has 3 nitrogen and oxygen atoms in total. The molecule has 0 unspecified atom stereocenters. The predicted octanol–water partition coefficient (Wildman–Crippen LogP) is 6.88. The van der Waals surface area contributed by atoms with Gasteiger partial charge in [0.05, 0.1) is 17.8 Å². The fourth-order valence-corrected chi connectivity index (χ4v) is 3.85. The standard InChI is InChI=1S/C25H22N2OS/c1-17(26-21-11-9-20(10-12-21)25-16-29-18(2)27-25)23-14-13-22(28-3)15-24(23)19-7-5-4-6-8-19/h4-16,26H,1H2,2-3H3. The fourth-order valence-electron chi connectivity index (χ4n) is 3.23. The summed E-state index contributed by atoms with van der Waals surface area (Å²) >= 11 is 1.66. The van der Waals surface area contributed by atoms with Gasteiger partial charge in [-0.2, -0.15) is 0 Å². The third kappa shape index (κ3) is 4.23. The smallest absolute Gasteiger partial charge is 0.119 e. The van der Waals surface area contributed by atoms with Crippen LogP contribution in [0.1, 0.15) is 10.6 Å². The van der Waals surface area contributed by atoms with Crippen LogP contribution < -0.4 is 10.1 Å². The van der Waals surface area contributed by atoms with Crippen molar-refractivity contribution in [2.45, 2.75) is 6.92 Å². The quantitative estimate of drug-likeness (QED) is 0.384. The van der Waals surface area contributed by atoms with E-state index in [2.05, 4.69) is 58.7 Å². The Kier molecular flexibility index (Phi) is 5.45. The highest BCUT2D eigenvalue weighted by atomic mass is 32.1. The van der Waals surface area contributed by atoms with Gasteiger partial charge in [-0.05, 0) is 48.4 Å². The Morgan fingerprint density at radius 1 is 0.966 bits per heavy atom. The molecule has 0 bridgehead atoms. The van der Waals surface area contributed by atoms with Crippen molar-refractivity contribution in [2.75, 3.05) is 12.4 Å². The lowest BCUT2D eigenvalue weighted by Gasteiger charge is -2.16. The average Bonchev–Trinajstić information content (AvgIpc) is 3.20. The third-order valence-electron chi connectivity index (χ3n) is 4.73. The monoisotopic (exact) mass is 398 g/mol. The van der Waals surface area contributed by atoms with E-state index in [1.807, 2.05) is 43.3 Å². The highest BCUT2D eigenvalue weighted by Crippen LogP contribution is 2.32. The molecule has 0 amide bonds. The van der Waals surface area contributed by atoms with Crippen molar-refractivity contribution in [3.05, 3.63) is 95.3 Å². The Labute approximate surface area is 175 Å². The van der Waals surface area contributed by atoms with Gasteiger partial charge in [0.15, 0.2) is 0 Å². The van der Waals surface area contributed by atoms with Gasteiger partial charge in [-0.15, -0.1) is 11.3 Å². The van der Waals surface area contributed by atoms with Crippen molar-refractivity contribution in [3.63, 3.8) is 0 Å². The molecular weight excluding hydrogens is 376 g/mol. The minimum atomic E-state index is 0.823. The van der Waals surface area contributed by atoms with Crippen molar-refractivity contribution >= 4 is 22.7 Å². The number of benzene rings is 3. The number of nitrogens with one attached hydrogen (secondary N) is 1. The first kappa shape index (κ1) is 19.0. The number of hydrogen-bond donors (Lipinski definition) is 1. The second kappa shape index (κ2) is 8.33. The number of methoxy groups -OCH3 is 1. The van der Waals surface area contributed by atoms with Crippen LogP contribution in [0.4, 0.5) is 5.69 Å². The molecular formula is C25H22N2OS. The van der Waals surface area contributed by atoms with Gasteiger partial charge >= 0.3 is 0 Å². The molecule has 4 aromatic rings. The molecule has 0 aliphatic heterocycles. The lowest BCUT2D eigenvalue weighted by Crippen LogP contribution is -2.00. The minimum absolute atomic E-state index is 0.823. The molecule has 0 saturated heterocycles. The van der Waals surface area contributed by atoms with Crippen molar-refractivity contribution in [3.8, 4) is 28.1 Å². The molecule has 0 saturated carbocycles. The van der Waals surface area contributed by atoms with Crippen LogP contribution in [0.2, 0.25) is 0 Å². The van der Waals surface area contributed by atoms with Crippen molar-refractivity contribution in [1.82, 2.24) is 4.98 Å². The minimum Gasteiger partial charge on any atom is -0.497 e. The summed E-state index contributed by atoms with van der Waals surface area (Å²) in [4.78, 5) is 4.55. The van der Waals surface area contributed by atoms with E-state index >= 15 is 0 Å². The van der Waals surface area contributed by atoms with Crippen LogP contribution >= 0.6 is 11.3 Å². The number of anilines is 1. The Balaban J connectivity index is 1.60. The van der Waals surface area contributed by atoms with E-state index in [9.17, 15) is 0 Å². The third-order valence-corrected chi connectivity index (χ3v) is 5.51. The molecule has 1 N–H and O–H groups in total. The largest absolute Gasteiger partial charge is 0.497 e. The SMILES string of the molecule is C=C(Nc1ccc(-c2csc(C)n2)cc1)c1ccc(OC)cc1-c1ccccc1. The summed E-state index contributed by atoms with van der Waals surface area (Å²) < 4.78 is 5.43. The predicted molar refractivity (Wildman–Crippen MR) is 123 cm³/mol. The summed E-state index contributed by atoms with van der Waals surface area (Å²) in [5, 5.41) is 6.59. The summed E-state index contributed by atoms with van der Waals surface area (Å²) in [6, 6.07) is 24.6. The Morgan fingerprint density at radius 3 is 2.38 bits per heavy atom. The van der Waals surface area contributed by atoms with E-state index in [4.69, 9.17) is 4.74 Å². The van der Waals surface area contributed by atoms with Crippen LogP contribution in [-0.2, 0) is 0 Å². The normalized spacial score (nSPS) is 10.6. The van der Waals surface area contributed by atoms with Gasteiger partial charge in [-0.3, -0.25) is 0 Å². The molecule has 4 heteroatoms. The second-order valence-electron chi connectivity index (χ2n) is 6.71. The molecule has 1 heterocycles. The van der Waals surface area contributed by atoms with Gasteiger partial charge in [0.25, 0.3) is 0 Å². The first-order valence-electron chi connectivity index (χ1n) is 9.36. The lowest BCUT2D eigenvalue weighted by atomic mass is 9.97. The van der Waals surface area contributed by atoms with Crippen LogP contribution in [0, 0.1) is 6.92 Å². The molecule has 1 aromatic heterocycles. The van der Waals surface area contributed by atoms with Crippen LogP contribution in [-0.4, -0.2) is 12.1 Å². The zero-order chi connectivity index (χ0) is 20.2. The average molecular weight is 399 g/mol. The highest BCUT2D eigenvalue weighted by molar-refractivity contribution is 7.09. The first-order chi connectivity index (χ1) is 14.1. The Morgan fingerprint density at radius 2 is 1.72 bits per heavy atom. The van der Waals surface area contributed by atoms with Crippen molar-refractivity contribution in [1.29, 1.82) is 0 Å². The lowest BCUT2D eigenvalue weighted by molar-refractivity contribution is 0.415. The number of ether oxygens (including phenoxy) is 1. The molecule has 4 rings (SSSR count). The number of thiazole rings is 1. The maximum Gasteiger partial charge on any atom is 0.119 e. The molecule has 0 spiro atoms. The molecule has 144 valence electrons. The van der Waals surface area contributed by atoms with Gasteiger partial charge < -0.3 is 10.1 Å². The number of aryl methyl sites for hydroxylation is 1. The van der Waals surface area contributed by atoms with E-state index in [0.717, 1.165) is 50.1 Å². The molecule has 0 aliphatic rings. The van der Waals surface area contributed by atoms with Crippen LogP contribution in [0.25, 0.3) is 28.1 Å². The summed E-state index contributed by atoms with van der Waals surface area (Å²) in [6.45, 7) is 6.30. The summed E-state index contributed by atoms with van der Waals surface area (Å²) in [5.74, 6) is 0.823. The fraction of sp³-hybridized carbons (Fsp3) is 0.0800. The Hall–Kier alpha value is -3.37. The summed E-state index contributed by atoms with van der Waals surface area (Å²) in [5.41, 5.74) is 7.19. The summed E-state index contributed by atoms with van der Waals surface area (Å²) in [6.07, 6.45) is 0. The van der Waals surface area contributed by atoms with E-state index in [-0.39, 0.29) is 0 Å². The molecule has 29 heavy (non-hydrogen) atoms. The first-order valence-corrected chi connectivity index (χ1v) is 10.2. The number of rotatable bonds is 6. The molecule has 0 atom stereocenters. The van der Waals surface area contributed by atoms with Gasteiger partial charge in [0, 0.05) is 27.9 Å². The van der Waals surface area contributed by atoms with Crippen LogP contribution in [0.3, 0.4) is 0 Å². The van der Waals surface area contributed by atoms with Crippen LogP contribution in [0.15, 0.2) is 84.8 Å². The Bertz CT molecular complexity index is 1130. The van der Waals surface area contributed by atoms with Gasteiger partial charge in [0.2, 0.25) is 0 Å². The van der Waals surface area contributed by atoms with Crippen molar-refractivity contribution < 1.29 is 4.74 Å². The zero-order valence-electron chi connectivity index (χ0n) is 16.5. The van der Waals surface area contributed by atoms with E-state index in [1.165, 1.54) is 0 Å². The van der Waals surface area contributed by atoms with Crippen LogP contribution in [0.5, 0.6) is 5.75 Å². The molecule has 0 fully saturated rings. The molecule has 0 radical (unpaired) electrons. The molecule has 3 aromatic carbocycles. The maximum absolute atomic E-state index is 5.43. The van der Waals surface area contributed by atoms with Crippen molar-refractivity contribution in [2.24, 2.45) is 0 Å². The summed E-state index contributed by atoms with van der Waals surface area (Å²) in [7, 11) is 1.68. The number of aromatic nitrogens is 1. The number of hydrogen-bond acceptors (Lipinski definition) is 4. The zero-order valence-corrected chi connectivity index (χ0v) is 17.3. The second-order valence-corrected chi connectivity index (χ2v) is 7.77. The van der Waals surface area contributed by atoms with Gasteiger partial charge in [-0.1, -0.05) is 49.0 Å². The van der Waals surface area contributed by atoms with E-state index in [0.29, 0.717) is 0 Å². The van der Waals surface area contributed by atoms with Gasteiger partial charge in [-0.25, -0.2) is 4.98 Å². The van der Waals surface area contributed by atoms with E-state index < -0.39 is 0 Å². The topological polar surface area (TPSA) is 34.2 Å². The maximum atomic E-state index is 5.43. The van der Waals surface area contributed by atoms with Gasteiger partial charge in [0.1, 0.15) is 5.75 Å². The molecule has 0 aliphatic carbocycles. The highest BCUT2D eigenvalue weighted by Gasteiger charge is 2.11. The van der Waals surface area contributed by atoms with E-state index in [1.54, 1.807) is 18.4 Å².